The number of fused-ring (bicyclic) bond motifs is 8. The number of aldehydes is 1. The van der Waals surface area contributed by atoms with Crippen LogP contribution in [0.25, 0.3) is 0 Å². The first kappa shape index (κ1) is 34.5. The van der Waals surface area contributed by atoms with Crippen LogP contribution in [0, 0.1) is 0 Å². The van der Waals surface area contributed by atoms with Crippen molar-refractivity contribution in [3.8, 4) is 23.0 Å². The molecule has 4 aromatic rings. The quantitative estimate of drug-likeness (QED) is 0.112. The number of ether oxygens (including phenoxy) is 4. The first-order chi connectivity index (χ1) is 22.6. The molecule has 4 aromatic carbocycles. The molecule has 8 bridgehead atoms. The molecular formula is C37H40O5S4. The van der Waals surface area contributed by atoms with Gasteiger partial charge in [0.2, 0.25) is 0 Å². The zero-order chi connectivity index (χ0) is 32.3. The molecule has 1 aliphatic heterocycles. The fourth-order valence-corrected chi connectivity index (χ4v) is 9.18. The molecule has 5 rings (SSSR count). The van der Waals surface area contributed by atoms with Crippen LogP contribution in [0.1, 0.15) is 63.7 Å². The smallest absolute Gasteiger partial charge is 0.151 e. The van der Waals surface area contributed by atoms with Crippen LogP contribution in [0.3, 0.4) is 0 Å². The largest absolute Gasteiger partial charge is 0.491 e. The van der Waals surface area contributed by atoms with Crippen LogP contribution >= 0.6 is 47.0 Å². The zero-order valence-corrected chi connectivity index (χ0v) is 30.0. The number of para-hydroxylation sites is 3. The second-order valence-electron chi connectivity index (χ2n) is 10.5. The van der Waals surface area contributed by atoms with E-state index >= 15 is 0 Å². The SMILES string of the molecule is CCCOc1c2cccc1Sc1cccc(c1OCCC)Sc1c(C=O)ccc(c1OCCC)Sc1cccc(c1OCCC)S2. The summed E-state index contributed by atoms with van der Waals surface area (Å²) in [5, 5.41) is 0. The molecule has 0 atom stereocenters. The van der Waals surface area contributed by atoms with E-state index in [1.54, 1.807) is 35.3 Å². The second kappa shape index (κ2) is 17.3. The van der Waals surface area contributed by atoms with E-state index in [0.717, 1.165) is 88.4 Å². The average molecular weight is 693 g/mol. The molecule has 0 N–H and O–H groups in total. The zero-order valence-electron chi connectivity index (χ0n) is 26.8. The number of hydrogen-bond acceptors (Lipinski definition) is 9. The van der Waals surface area contributed by atoms with Gasteiger partial charge in [-0.15, -0.1) is 0 Å². The first-order valence-electron chi connectivity index (χ1n) is 15.8. The molecule has 5 nitrogen and oxygen atoms in total. The summed E-state index contributed by atoms with van der Waals surface area (Å²) in [6.45, 7) is 10.7. The molecule has 0 spiro atoms. The summed E-state index contributed by atoms with van der Waals surface area (Å²) in [7, 11) is 0. The highest BCUT2D eigenvalue weighted by atomic mass is 32.2. The van der Waals surface area contributed by atoms with Gasteiger partial charge in [-0.2, -0.15) is 0 Å². The van der Waals surface area contributed by atoms with Gasteiger partial charge in [0.1, 0.15) is 23.0 Å². The lowest BCUT2D eigenvalue weighted by Gasteiger charge is -2.22. The van der Waals surface area contributed by atoms with Crippen molar-refractivity contribution >= 4 is 53.3 Å². The van der Waals surface area contributed by atoms with E-state index in [0.29, 0.717) is 37.7 Å². The van der Waals surface area contributed by atoms with Crippen LogP contribution < -0.4 is 18.9 Å². The highest BCUT2D eigenvalue weighted by Gasteiger charge is 2.24. The van der Waals surface area contributed by atoms with Crippen LogP contribution in [0.5, 0.6) is 23.0 Å². The van der Waals surface area contributed by atoms with Crippen LogP contribution in [0.4, 0.5) is 0 Å². The Balaban J connectivity index is 1.78. The second-order valence-corrected chi connectivity index (χ2v) is 14.8. The van der Waals surface area contributed by atoms with Crippen molar-refractivity contribution in [2.75, 3.05) is 26.4 Å². The Bertz CT molecular complexity index is 1640. The van der Waals surface area contributed by atoms with E-state index in [1.807, 2.05) is 18.2 Å². The number of carbonyl (C=O) groups is 1. The lowest BCUT2D eigenvalue weighted by molar-refractivity contribution is 0.111. The van der Waals surface area contributed by atoms with Crippen molar-refractivity contribution in [2.24, 2.45) is 0 Å². The summed E-state index contributed by atoms with van der Waals surface area (Å²) in [6, 6.07) is 22.6. The molecule has 46 heavy (non-hydrogen) atoms. The van der Waals surface area contributed by atoms with Gasteiger partial charge < -0.3 is 18.9 Å². The van der Waals surface area contributed by atoms with Crippen LogP contribution in [0.2, 0.25) is 0 Å². The molecule has 0 unspecified atom stereocenters. The average Bonchev–Trinajstić information content (AvgIpc) is 3.07. The summed E-state index contributed by atoms with van der Waals surface area (Å²) in [6.07, 6.45) is 4.41. The van der Waals surface area contributed by atoms with Crippen LogP contribution in [-0.4, -0.2) is 32.7 Å². The van der Waals surface area contributed by atoms with Crippen LogP contribution in [0.15, 0.2) is 106 Å². The molecule has 0 radical (unpaired) electrons. The molecular weight excluding hydrogens is 653 g/mol. The monoisotopic (exact) mass is 692 g/mol. The third-order valence-corrected chi connectivity index (χ3v) is 11.2. The summed E-state index contributed by atoms with van der Waals surface area (Å²) in [4.78, 5) is 20.1. The van der Waals surface area contributed by atoms with Gasteiger partial charge in [0, 0.05) is 5.56 Å². The van der Waals surface area contributed by atoms with Gasteiger partial charge >= 0.3 is 0 Å². The Morgan fingerprint density at radius 3 is 1.13 bits per heavy atom. The summed E-state index contributed by atoms with van der Waals surface area (Å²) >= 11 is 6.42. The molecule has 0 aromatic heterocycles. The Labute approximate surface area is 289 Å². The minimum Gasteiger partial charge on any atom is -0.491 e. The normalized spacial score (nSPS) is 12.3. The van der Waals surface area contributed by atoms with E-state index in [-0.39, 0.29) is 0 Å². The Kier molecular flexibility index (Phi) is 13.0. The van der Waals surface area contributed by atoms with E-state index in [9.17, 15) is 4.79 Å². The topological polar surface area (TPSA) is 54.0 Å². The minimum absolute atomic E-state index is 0.531. The van der Waals surface area contributed by atoms with E-state index < -0.39 is 0 Å². The molecule has 9 heteroatoms. The van der Waals surface area contributed by atoms with E-state index in [1.165, 1.54) is 11.8 Å². The molecule has 0 aliphatic carbocycles. The van der Waals surface area contributed by atoms with Gasteiger partial charge in [-0.25, -0.2) is 0 Å². The fraction of sp³-hybridized carbons (Fsp3) is 0.324. The number of rotatable bonds is 13. The van der Waals surface area contributed by atoms with Crippen molar-refractivity contribution in [3.63, 3.8) is 0 Å². The van der Waals surface area contributed by atoms with Gasteiger partial charge in [0.15, 0.2) is 6.29 Å². The van der Waals surface area contributed by atoms with Crippen LogP contribution in [-0.2, 0) is 0 Å². The van der Waals surface area contributed by atoms with Gasteiger partial charge in [-0.3, -0.25) is 4.79 Å². The maximum Gasteiger partial charge on any atom is 0.151 e. The first-order valence-corrected chi connectivity index (χ1v) is 19.1. The van der Waals surface area contributed by atoms with Gasteiger partial charge in [0.25, 0.3) is 0 Å². The van der Waals surface area contributed by atoms with Gasteiger partial charge in [-0.1, -0.05) is 92.9 Å². The maximum absolute atomic E-state index is 12.5. The fourth-order valence-electron chi connectivity index (χ4n) is 4.65. The van der Waals surface area contributed by atoms with Crippen molar-refractivity contribution in [1.82, 2.24) is 0 Å². The standard InChI is InChI=1S/C37H40O5S4/c1-5-20-39-33-26-12-9-13-27(33)44-30-16-11-17-31(35(30)41-22-7-3)46-37-25(24-38)18-19-32(36(37)42-23-8-4)45-29-15-10-14-28(43-26)34(29)40-21-6-2/h9-19,24H,5-8,20-23H2,1-4H3. The molecule has 0 saturated carbocycles. The number of carbonyl (C=O) groups excluding carboxylic acids is 1. The van der Waals surface area contributed by atoms with Crippen molar-refractivity contribution < 1.29 is 23.7 Å². The summed E-state index contributed by atoms with van der Waals surface area (Å²) < 4.78 is 25.9. The maximum atomic E-state index is 12.5. The van der Waals surface area contributed by atoms with Crippen molar-refractivity contribution in [3.05, 3.63) is 72.3 Å². The Hall–Kier alpha value is -2.85. The summed E-state index contributed by atoms with van der Waals surface area (Å²) in [5.41, 5.74) is 0.579. The lowest BCUT2D eigenvalue weighted by Crippen LogP contribution is -2.03. The van der Waals surface area contributed by atoms with Crippen molar-refractivity contribution in [2.45, 2.75) is 92.5 Å². The van der Waals surface area contributed by atoms with Gasteiger partial charge in [-0.05, 0) is 74.2 Å². The predicted molar refractivity (Wildman–Crippen MR) is 191 cm³/mol. The third-order valence-electron chi connectivity index (χ3n) is 6.74. The third kappa shape index (κ3) is 8.16. The molecule has 242 valence electrons. The van der Waals surface area contributed by atoms with E-state index in [4.69, 9.17) is 18.9 Å². The molecule has 0 amide bonds. The number of hydrogen-bond donors (Lipinski definition) is 0. The van der Waals surface area contributed by atoms with E-state index in [2.05, 4.69) is 76.2 Å². The highest BCUT2D eigenvalue weighted by Crippen LogP contribution is 2.54. The predicted octanol–water partition coefficient (Wildman–Crippen LogP) is 11.6. The Morgan fingerprint density at radius 1 is 0.457 bits per heavy atom. The molecule has 1 heterocycles. The number of benzene rings is 4. The molecule has 0 saturated heterocycles. The molecule has 0 fully saturated rings. The highest BCUT2D eigenvalue weighted by molar-refractivity contribution is 8.01. The minimum atomic E-state index is 0.531. The van der Waals surface area contributed by atoms with Crippen molar-refractivity contribution in [1.29, 1.82) is 0 Å². The molecule has 1 aliphatic rings. The Morgan fingerprint density at radius 2 is 0.783 bits per heavy atom. The lowest BCUT2D eigenvalue weighted by atomic mass is 10.2. The summed E-state index contributed by atoms with van der Waals surface area (Å²) in [5.74, 6) is 3.19. The van der Waals surface area contributed by atoms with Gasteiger partial charge in [0.05, 0.1) is 65.6 Å².